The summed E-state index contributed by atoms with van der Waals surface area (Å²) < 4.78 is 32.5. The van der Waals surface area contributed by atoms with Gasteiger partial charge in [0.15, 0.2) is 11.0 Å². The SMILES string of the molecule is CC(C)(C)OC(=O)N1[C@@H]2CC[C@H]1CN(c1nc(OCC3(CN4CCOCC4)CC3)nc3c(F)c(Cl)ncc13)C2. The van der Waals surface area contributed by atoms with Crippen molar-refractivity contribution in [1.29, 1.82) is 0 Å². The number of morpholine rings is 1. The average molecular weight is 563 g/mol. The van der Waals surface area contributed by atoms with Crippen molar-refractivity contribution in [3.05, 3.63) is 17.2 Å². The Kier molecular flexibility index (Phi) is 6.96. The first-order valence-electron chi connectivity index (χ1n) is 13.8. The second-order valence-electron chi connectivity index (χ2n) is 12.3. The van der Waals surface area contributed by atoms with E-state index in [1.807, 2.05) is 25.7 Å². The monoisotopic (exact) mass is 562 g/mol. The summed E-state index contributed by atoms with van der Waals surface area (Å²) in [6, 6.07) is 0.0801. The topological polar surface area (TPSA) is 93.2 Å². The van der Waals surface area contributed by atoms with E-state index in [1.165, 1.54) is 6.20 Å². The summed E-state index contributed by atoms with van der Waals surface area (Å²) in [5.41, 5.74) is -0.413. The number of carbonyl (C=O) groups excluding carboxylic acids is 1. The third-order valence-electron chi connectivity index (χ3n) is 8.11. The number of halogens is 2. The Hall–Kier alpha value is -2.50. The highest BCUT2D eigenvalue weighted by atomic mass is 35.5. The molecule has 10 nitrogen and oxygen atoms in total. The maximum absolute atomic E-state index is 15.2. The maximum Gasteiger partial charge on any atom is 0.410 e. The Bertz CT molecular complexity index is 1230. The fourth-order valence-electron chi connectivity index (χ4n) is 5.97. The predicted octanol–water partition coefficient (Wildman–Crippen LogP) is 3.90. The number of fused-ring (bicyclic) bond motifs is 3. The van der Waals surface area contributed by atoms with Gasteiger partial charge in [-0.3, -0.25) is 9.80 Å². The maximum atomic E-state index is 15.2. The van der Waals surface area contributed by atoms with Gasteiger partial charge in [0, 0.05) is 44.3 Å². The second-order valence-corrected chi connectivity index (χ2v) is 12.7. The molecule has 1 aliphatic carbocycles. The lowest BCUT2D eigenvalue weighted by atomic mass is 10.1. The molecule has 3 aliphatic heterocycles. The Morgan fingerprint density at radius 1 is 1.18 bits per heavy atom. The van der Waals surface area contributed by atoms with E-state index in [-0.39, 0.29) is 40.3 Å². The molecule has 0 N–H and O–H groups in total. The number of carbonyl (C=O) groups is 1. The van der Waals surface area contributed by atoms with Crippen LogP contribution in [0.2, 0.25) is 5.15 Å². The average Bonchev–Trinajstić information content (AvgIpc) is 3.60. The first kappa shape index (κ1) is 26.7. The smallest absolute Gasteiger partial charge is 0.410 e. The highest BCUT2D eigenvalue weighted by Gasteiger charge is 2.46. The first-order valence-corrected chi connectivity index (χ1v) is 14.2. The van der Waals surface area contributed by atoms with E-state index in [1.54, 1.807) is 0 Å². The number of hydrogen-bond acceptors (Lipinski definition) is 9. The van der Waals surface area contributed by atoms with E-state index in [2.05, 4.69) is 19.8 Å². The van der Waals surface area contributed by atoms with Crippen LogP contribution < -0.4 is 9.64 Å². The molecule has 4 fully saturated rings. The van der Waals surface area contributed by atoms with Crippen LogP contribution in [0.1, 0.15) is 46.5 Å². The summed E-state index contributed by atoms with van der Waals surface area (Å²) in [6.45, 7) is 11.5. The molecule has 0 unspecified atom stereocenters. The lowest BCUT2D eigenvalue weighted by molar-refractivity contribution is 0.0123. The van der Waals surface area contributed by atoms with Crippen LogP contribution in [0.3, 0.4) is 0 Å². The van der Waals surface area contributed by atoms with Gasteiger partial charge in [0.05, 0.1) is 37.3 Å². The van der Waals surface area contributed by atoms with E-state index < -0.39 is 11.4 Å². The molecule has 12 heteroatoms. The minimum absolute atomic E-state index is 0.0265. The number of aromatic nitrogens is 3. The molecule has 2 aromatic heterocycles. The molecule has 1 amide bonds. The summed E-state index contributed by atoms with van der Waals surface area (Å²) in [6.07, 6.45) is 5.11. The van der Waals surface area contributed by atoms with Crippen LogP contribution in [-0.4, -0.2) is 101 Å². The highest BCUT2D eigenvalue weighted by Crippen LogP contribution is 2.47. The van der Waals surface area contributed by atoms with E-state index >= 15 is 4.39 Å². The Balaban J connectivity index is 1.24. The predicted molar refractivity (Wildman–Crippen MR) is 144 cm³/mol. The summed E-state index contributed by atoms with van der Waals surface area (Å²) in [4.78, 5) is 32.6. The summed E-state index contributed by atoms with van der Waals surface area (Å²) in [5, 5.41) is 0.239. The normalized spacial score (nSPS) is 24.7. The molecule has 4 aliphatic rings. The Morgan fingerprint density at radius 2 is 1.87 bits per heavy atom. The van der Waals surface area contributed by atoms with Gasteiger partial charge in [-0.15, -0.1) is 0 Å². The van der Waals surface area contributed by atoms with Crippen LogP contribution in [0, 0.1) is 11.2 Å². The standard InChI is InChI=1S/C27H36ClFN6O4/c1-26(2,3)39-25(36)35-17-4-5-18(35)14-34(13-17)23-19-12-30-22(28)20(29)21(19)31-24(32-23)38-16-27(6-7-27)15-33-8-10-37-11-9-33/h12,17-18H,4-11,13-16H2,1-3H3/t17-,18+. The number of ether oxygens (including phenoxy) is 3. The summed E-state index contributed by atoms with van der Waals surface area (Å²) in [5.74, 6) is -0.135. The van der Waals surface area contributed by atoms with Crippen molar-refractivity contribution in [2.24, 2.45) is 5.41 Å². The largest absolute Gasteiger partial charge is 0.463 e. The number of hydrogen-bond donors (Lipinski definition) is 0. The third-order valence-corrected chi connectivity index (χ3v) is 8.38. The lowest BCUT2D eigenvalue weighted by Crippen LogP contribution is -2.57. The second kappa shape index (κ2) is 10.2. The molecule has 5 heterocycles. The molecule has 0 spiro atoms. The molecule has 1 saturated carbocycles. The minimum atomic E-state index is -0.688. The molecule has 3 saturated heterocycles. The lowest BCUT2D eigenvalue weighted by Gasteiger charge is -2.42. The van der Waals surface area contributed by atoms with Crippen molar-refractivity contribution in [3.8, 4) is 6.01 Å². The molecule has 2 atom stereocenters. The minimum Gasteiger partial charge on any atom is -0.463 e. The fourth-order valence-corrected chi connectivity index (χ4v) is 6.11. The van der Waals surface area contributed by atoms with E-state index in [0.717, 1.165) is 58.5 Å². The van der Waals surface area contributed by atoms with Crippen LogP contribution in [0.15, 0.2) is 6.20 Å². The zero-order valence-corrected chi connectivity index (χ0v) is 23.5. The molecular formula is C27H36ClFN6O4. The van der Waals surface area contributed by atoms with Gasteiger partial charge in [-0.1, -0.05) is 11.6 Å². The molecule has 0 radical (unpaired) electrons. The highest BCUT2D eigenvalue weighted by molar-refractivity contribution is 6.30. The van der Waals surface area contributed by atoms with Crippen molar-refractivity contribution >= 4 is 34.4 Å². The molecule has 212 valence electrons. The molecule has 6 rings (SSSR count). The van der Waals surface area contributed by atoms with Crippen molar-refractivity contribution < 1.29 is 23.4 Å². The summed E-state index contributed by atoms with van der Waals surface area (Å²) >= 11 is 6.03. The van der Waals surface area contributed by atoms with E-state index in [0.29, 0.717) is 30.9 Å². The van der Waals surface area contributed by atoms with Crippen molar-refractivity contribution in [2.75, 3.05) is 57.4 Å². The molecule has 0 aromatic carbocycles. The number of pyridine rings is 1. The number of amides is 1. The zero-order valence-electron chi connectivity index (χ0n) is 22.8. The van der Waals surface area contributed by atoms with Gasteiger partial charge in [0.1, 0.15) is 16.9 Å². The van der Waals surface area contributed by atoms with Crippen molar-refractivity contribution in [2.45, 2.75) is 64.1 Å². The molecular weight excluding hydrogens is 527 g/mol. The van der Waals surface area contributed by atoms with Crippen LogP contribution in [0.5, 0.6) is 6.01 Å². The van der Waals surface area contributed by atoms with Crippen LogP contribution in [0.4, 0.5) is 15.0 Å². The van der Waals surface area contributed by atoms with Gasteiger partial charge in [0.25, 0.3) is 0 Å². The number of rotatable bonds is 6. The molecule has 39 heavy (non-hydrogen) atoms. The van der Waals surface area contributed by atoms with Gasteiger partial charge >= 0.3 is 12.1 Å². The van der Waals surface area contributed by atoms with Gasteiger partial charge in [-0.25, -0.2) is 14.2 Å². The van der Waals surface area contributed by atoms with Gasteiger partial charge in [0.2, 0.25) is 0 Å². The van der Waals surface area contributed by atoms with Gasteiger partial charge in [-0.05, 0) is 46.5 Å². The van der Waals surface area contributed by atoms with Gasteiger partial charge < -0.3 is 19.1 Å². The number of nitrogens with zero attached hydrogens (tertiary/aromatic N) is 6. The van der Waals surface area contributed by atoms with Crippen LogP contribution in [0.25, 0.3) is 10.9 Å². The number of anilines is 1. The molecule has 2 aromatic rings. The third kappa shape index (κ3) is 5.58. The zero-order chi connectivity index (χ0) is 27.4. The summed E-state index contributed by atoms with van der Waals surface area (Å²) in [7, 11) is 0. The van der Waals surface area contributed by atoms with Crippen molar-refractivity contribution in [1.82, 2.24) is 24.8 Å². The Labute approximate surface area is 232 Å². The van der Waals surface area contributed by atoms with E-state index in [9.17, 15) is 4.79 Å². The molecule has 2 bridgehead atoms. The number of piperazine rings is 1. The first-order chi connectivity index (χ1) is 18.6. The van der Waals surface area contributed by atoms with Crippen LogP contribution >= 0.6 is 11.6 Å². The Morgan fingerprint density at radius 3 is 2.51 bits per heavy atom. The van der Waals surface area contributed by atoms with E-state index in [4.69, 9.17) is 30.8 Å². The van der Waals surface area contributed by atoms with Crippen molar-refractivity contribution in [3.63, 3.8) is 0 Å². The quantitative estimate of drug-likeness (QED) is 0.486. The fraction of sp³-hybridized carbons (Fsp3) is 0.704. The van der Waals surface area contributed by atoms with Gasteiger partial charge in [-0.2, -0.15) is 9.97 Å². The van der Waals surface area contributed by atoms with Crippen LogP contribution in [-0.2, 0) is 9.47 Å².